The van der Waals surface area contributed by atoms with Crippen molar-refractivity contribution in [1.29, 1.82) is 0 Å². The molecule has 1 aromatic carbocycles. The zero-order chi connectivity index (χ0) is 18.6. The smallest absolute Gasteiger partial charge is 0.475 e. The van der Waals surface area contributed by atoms with Crippen LogP contribution in [0.1, 0.15) is 26.3 Å². The number of aromatic carboxylic acids is 1. The van der Waals surface area contributed by atoms with Crippen LogP contribution in [0.5, 0.6) is 5.75 Å². The van der Waals surface area contributed by atoms with Crippen LogP contribution < -0.4 is 11.1 Å². The number of aromatic hydroxyl groups is 1. The summed E-state index contributed by atoms with van der Waals surface area (Å²) in [6, 6.07) is 6.88. The molecule has 0 spiro atoms. The molecule has 9 nitrogen and oxygen atoms in total. The molecule has 0 bridgehead atoms. The Bertz CT molecular complexity index is 781. The van der Waals surface area contributed by atoms with Gasteiger partial charge in [-0.15, -0.1) is 0 Å². The number of anilines is 1. The normalized spacial score (nSPS) is 11.6. The number of carbonyl (C=O) groups is 2. The molecular formula is C15H16BN3O6. The van der Waals surface area contributed by atoms with Crippen molar-refractivity contribution in [3.05, 3.63) is 53.2 Å². The van der Waals surface area contributed by atoms with Gasteiger partial charge in [-0.2, -0.15) is 0 Å². The number of nitrogens with two attached hydrogens (primary N) is 1. The molecule has 2 aromatic rings. The van der Waals surface area contributed by atoms with Crippen LogP contribution in [-0.2, 0) is 6.42 Å². The van der Waals surface area contributed by atoms with Crippen LogP contribution in [-0.4, -0.2) is 50.2 Å². The fourth-order valence-corrected chi connectivity index (χ4v) is 2.19. The summed E-state index contributed by atoms with van der Waals surface area (Å²) in [5, 5.41) is 40.4. The number of hydrogen-bond acceptors (Lipinski definition) is 7. The third-order valence-electron chi connectivity index (χ3n) is 3.51. The molecule has 0 saturated carbocycles. The minimum absolute atomic E-state index is 0.147. The molecule has 130 valence electrons. The zero-order valence-electron chi connectivity index (χ0n) is 13.0. The van der Waals surface area contributed by atoms with E-state index in [1.807, 2.05) is 0 Å². The molecule has 10 heteroatoms. The second kappa shape index (κ2) is 7.64. The van der Waals surface area contributed by atoms with Crippen molar-refractivity contribution in [2.24, 2.45) is 0 Å². The van der Waals surface area contributed by atoms with E-state index in [-0.39, 0.29) is 28.9 Å². The minimum Gasteiger partial charge on any atom is -0.507 e. The summed E-state index contributed by atoms with van der Waals surface area (Å²) >= 11 is 0. The number of hydrogen-bond donors (Lipinski definition) is 6. The topological polar surface area (TPSA) is 166 Å². The van der Waals surface area contributed by atoms with Gasteiger partial charge < -0.3 is 31.3 Å². The molecule has 1 heterocycles. The van der Waals surface area contributed by atoms with Gasteiger partial charge in [-0.3, -0.25) is 4.79 Å². The molecule has 25 heavy (non-hydrogen) atoms. The van der Waals surface area contributed by atoms with Crippen molar-refractivity contribution in [2.45, 2.75) is 12.4 Å². The third-order valence-corrected chi connectivity index (χ3v) is 3.51. The molecule has 0 aliphatic heterocycles. The van der Waals surface area contributed by atoms with Crippen LogP contribution in [0.15, 0.2) is 36.5 Å². The first-order valence-corrected chi connectivity index (χ1v) is 7.22. The average Bonchev–Trinajstić information content (AvgIpc) is 2.56. The number of rotatable bonds is 6. The van der Waals surface area contributed by atoms with Crippen LogP contribution in [0.4, 0.5) is 5.82 Å². The molecule has 7 N–H and O–H groups in total. The zero-order valence-corrected chi connectivity index (χ0v) is 13.0. The molecule has 0 saturated heterocycles. The third kappa shape index (κ3) is 4.46. The Morgan fingerprint density at radius 3 is 2.52 bits per heavy atom. The fourth-order valence-electron chi connectivity index (χ4n) is 2.19. The maximum absolute atomic E-state index is 12.2. The van der Waals surface area contributed by atoms with Gasteiger partial charge in [0.05, 0.1) is 11.5 Å². The molecule has 0 aliphatic carbocycles. The van der Waals surface area contributed by atoms with Crippen molar-refractivity contribution in [3.63, 3.8) is 0 Å². The summed E-state index contributed by atoms with van der Waals surface area (Å²) in [6.07, 6.45) is 1.03. The maximum Gasteiger partial charge on any atom is 0.475 e. The van der Waals surface area contributed by atoms with Crippen molar-refractivity contribution < 1.29 is 29.9 Å². The molecule has 1 atom stereocenters. The lowest BCUT2D eigenvalue weighted by atomic mass is 9.75. The number of pyridine rings is 1. The van der Waals surface area contributed by atoms with Crippen molar-refractivity contribution in [2.75, 3.05) is 5.73 Å². The number of nitrogens with zero attached hydrogens (tertiary/aromatic N) is 1. The van der Waals surface area contributed by atoms with E-state index in [4.69, 9.17) is 10.8 Å². The highest BCUT2D eigenvalue weighted by Crippen LogP contribution is 2.24. The Balaban J connectivity index is 2.19. The van der Waals surface area contributed by atoms with Gasteiger partial charge in [0.1, 0.15) is 17.1 Å². The van der Waals surface area contributed by atoms with Crippen LogP contribution >= 0.6 is 0 Å². The lowest BCUT2D eigenvalue weighted by Crippen LogP contribution is -2.48. The first kappa shape index (κ1) is 18.2. The minimum atomic E-state index is -1.93. The first-order chi connectivity index (χ1) is 11.8. The number of nitrogen functional groups attached to an aromatic ring is 1. The Labute approximate surface area is 142 Å². The first-order valence-electron chi connectivity index (χ1n) is 7.22. The SMILES string of the molecule is Nc1ccc(C(=O)N[C@@H](Cc2cccc(C(=O)O)c2O)B(O)O)cn1. The number of aromatic nitrogens is 1. The van der Waals surface area contributed by atoms with Gasteiger partial charge in [0, 0.05) is 6.20 Å². The van der Waals surface area contributed by atoms with Gasteiger partial charge >= 0.3 is 13.1 Å². The standard InChI is InChI=1S/C15H16BN3O6/c17-12-5-4-9(7-18-12)14(21)19-11(16(24)25)6-8-2-1-3-10(13(8)20)15(22)23/h1-5,7,11,20,24-25H,6H2,(H2,17,18)(H,19,21)(H,22,23)/t11-/m0/s1. The summed E-state index contributed by atoms with van der Waals surface area (Å²) in [4.78, 5) is 27.0. The fraction of sp³-hybridized carbons (Fsp3) is 0.133. The van der Waals surface area contributed by atoms with E-state index in [0.29, 0.717) is 0 Å². The summed E-state index contributed by atoms with van der Waals surface area (Å²) in [5.74, 6) is -3.40. The number of para-hydroxylation sites is 1. The number of phenols is 1. The number of benzene rings is 1. The number of carboxylic acids is 1. The van der Waals surface area contributed by atoms with E-state index in [0.717, 1.165) is 0 Å². The van der Waals surface area contributed by atoms with Gasteiger partial charge in [0.2, 0.25) is 0 Å². The molecule has 0 aliphatic rings. The van der Waals surface area contributed by atoms with Crippen molar-refractivity contribution in [3.8, 4) is 5.75 Å². The molecule has 1 amide bonds. The van der Waals surface area contributed by atoms with Crippen LogP contribution in [0.3, 0.4) is 0 Å². The molecular weight excluding hydrogens is 329 g/mol. The quantitative estimate of drug-likeness (QED) is 0.378. The van der Waals surface area contributed by atoms with Crippen molar-refractivity contribution >= 4 is 24.8 Å². The summed E-state index contributed by atoms with van der Waals surface area (Å²) in [5.41, 5.74) is 5.42. The molecule has 1 aromatic heterocycles. The van der Waals surface area contributed by atoms with Crippen LogP contribution in [0.2, 0.25) is 0 Å². The molecule has 0 unspecified atom stereocenters. The summed E-state index contributed by atoms with van der Waals surface area (Å²) in [7, 11) is -1.93. The predicted octanol–water partition coefficient (Wildman–Crippen LogP) is -0.579. The highest BCUT2D eigenvalue weighted by molar-refractivity contribution is 6.43. The summed E-state index contributed by atoms with van der Waals surface area (Å²) < 4.78 is 0. The van der Waals surface area contributed by atoms with Gasteiger partial charge in [0.25, 0.3) is 5.91 Å². The Hall–Kier alpha value is -3.11. The van der Waals surface area contributed by atoms with Crippen LogP contribution in [0, 0.1) is 0 Å². The number of carboxylic acid groups (broad SMARTS) is 1. The summed E-state index contributed by atoms with van der Waals surface area (Å²) in [6.45, 7) is 0. The number of carbonyl (C=O) groups excluding carboxylic acids is 1. The lowest BCUT2D eigenvalue weighted by Gasteiger charge is -2.19. The second-order valence-electron chi connectivity index (χ2n) is 5.29. The average molecular weight is 345 g/mol. The van der Waals surface area contributed by atoms with E-state index < -0.39 is 30.7 Å². The predicted molar refractivity (Wildman–Crippen MR) is 88.9 cm³/mol. The van der Waals surface area contributed by atoms with E-state index in [1.54, 1.807) is 0 Å². The molecule has 2 rings (SSSR count). The largest absolute Gasteiger partial charge is 0.507 e. The Morgan fingerprint density at radius 1 is 1.24 bits per heavy atom. The Kier molecular flexibility index (Phi) is 5.58. The van der Waals surface area contributed by atoms with E-state index in [1.165, 1.54) is 36.5 Å². The van der Waals surface area contributed by atoms with E-state index in [2.05, 4.69) is 10.3 Å². The molecule has 0 fully saturated rings. The van der Waals surface area contributed by atoms with Gasteiger partial charge in [-0.05, 0) is 30.2 Å². The van der Waals surface area contributed by atoms with E-state index >= 15 is 0 Å². The lowest BCUT2D eigenvalue weighted by molar-refractivity contribution is 0.0693. The van der Waals surface area contributed by atoms with Crippen molar-refractivity contribution in [1.82, 2.24) is 10.3 Å². The van der Waals surface area contributed by atoms with E-state index in [9.17, 15) is 24.7 Å². The number of amides is 1. The monoisotopic (exact) mass is 345 g/mol. The highest BCUT2D eigenvalue weighted by atomic mass is 16.4. The Morgan fingerprint density at radius 2 is 1.96 bits per heavy atom. The number of nitrogens with one attached hydrogen (secondary N) is 1. The second-order valence-corrected chi connectivity index (χ2v) is 5.29. The highest BCUT2D eigenvalue weighted by Gasteiger charge is 2.28. The van der Waals surface area contributed by atoms with Gasteiger partial charge in [0.15, 0.2) is 0 Å². The van der Waals surface area contributed by atoms with Crippen LogP contribution in [0.25, 0.3) is 0 Å². The van der Waals surface area contributed by atoms with Gasteiger partial charge in [-0.25, -0.2) is 9.78 Å². The van der Waals surface area contributed by atoms with Gasteiger partial charge in [-0.1, -0.05) is 12.1 Å². The maximum atomic E-state index is 12.2. The molecule has 0 radical (unpaired) electrons.